The Balaban J connectivity index is 1.90. The average molecular weight is 346 g/mol. The fourth-order valence-electron chi connectivity index (χ4n) is 2.58. The maximum absolute atomic E-state index is 12.4. The molecule has 2 rings (SSSR count). The first kappa shape index (κ1) is 18.9. The van der Waals surface area contributed by atoms with Crippen LogP contribution in [-0.2, 0) is 16.1 Å². The van der Waals surface area contributed by atoms with Crippen molar-refractivity contribution in [2.45, 2.75) is 32.9 Å². The molecule has 1 heterocycles. The van der Waals surface area contributed by atoms with Crippen molar-refractivity contribution in [1.29, 1.82) is 0 Å². The molecule has 0 radical (unpaired) electrons. The molecular weight excluding hydrogens is 320 g/mol. The number of nitrogens with zero attached hydrogens (tertiary/aromatic N) is 1. The van der Waals surface area contributed by atoms with E-state index in [9.17, 15) is 14.4 Å². The van der Waals surface area contributed by atoms with Crippen molar-refractivity contribution in [3.8, 4) is 0 Å². The monoisotopic (exact) mass is 346 g/mol. The molecule has 0 aromatic heterocycles. The summed E-state index contributed by atoms with van der Waals surface area (Å²) in [5.74, 6) is -0.351. The Morgan fingerprint density at radius 1 is 1.32 bits per heavy atom. The average Bonchev–Trinajstić information content (AvgIpc) is 2.64. The van der Waals surface area contributed by atoms with Crippen LogP contribution in [0.4, 0.5) is 0 Å². The fraction of sp³-hybridized carbons (Fsp3) is 0.500. The molecule has 4 N–H and O–H groups in total. The zero-order valence-corrected chi connectivity index (χ0v) is 14.7. The van der Waals surface area contributed by atoms with Gasteiger partial charge in [0.25, 0.3) is 5.91 Å². The summed E-state index contributed by atoms with van der Waals surface area (Å²) >= 11 is 0. The molecule has 1 aromatic rings. The van der Waals surface area contributed by atoms with E-state index in [1.807, 2.05) is 13.8 Å². The second kappa shape index (κ2) is 8.62. The maximum atomic E-state index is 12.4. The summed E-state index contributed by atoms with van der Waals surface area (Å²) in [6.07, 6.45) is 0.847. The van der Waals surface area contributed by atoms with Gasteiger partial charge >= 0.3 is 0 Å². The number of benzene rings is 1. The van der Waals surface area contributed by atoms with E-state index in [0.29, 0.717) is 25.2 Å². The van der Waals surface area contributed by atoms with Crippen molar-refractivity contribution in [1.82, 2.24) is 15.5 Å². The zero-order chi connectivity index (χ0) is 18.4. The van der Waals surface area contributed by atoms with Gasteiger partial charge in [0.1, 0.15) is 0 Å². The minimum atomic E-state index is -0.518. The number of rotatable bonds is 6. The molecule has 1 aliphatic rings. The molecule has 1 aromatic carbocycles. The number of carbonyl (C=O) groups is 3. The third kappa shape index (κ3) is 5.03. The van der Waals surface area contributed by atoms with E-state index in [-0.39, 0.29) is 30.2 Å². The van der Waals surface area contributed by atoms with Gasteiger partial charge in [0.15, 0.2) is 0 Å². The summed E-state index contributed by atoms with van der Waals surface area (Å²) in [7, 11) is 0. The number of nitrogens with two attached hydrogens (primary N) is 1. The van der Waals surface area contributed by atoms with Crippen LogP contribution in [0.15, 0.2) is 24.3 Å². The van der Waals surface area contributed by atoms with Gasteiger partial charge in [-0.3, -0.25) is 14.4 Å². The van der Waals surface area contributed by atoms with Crippen LogP contribution in [0.3, 0.4) is 0 Å². The fourth-order valence-corrected chi connectivity index (χ4v) is 2.58. The van der Waals surface area contributed by atoms with Gasteiger partial charge in [-0.05, 0) is 23.6 Å². The Hall–Kier alpha value is -2.41. The van der Waals surface area contributed by atoms with Crippen LogP contribution >= 0.6 is 0 Å². The molecule has 3 amide bonds. The molecule has 7 heteroatoms. The van der Waals surface area contributed by atoms with Crippen molar-refractivity contribution in [2.75, 3.05) is 19.6 Å². The van der Waals surface area contributed by atoms with E-state index in [1.165, 1.54) is 4.90 Å². The van der Waals surface area contributed by atoms with E-state index >= 15 is 0 Å². The van der Waals surface area contributed by atoms with Crippen LogP contribution in [0, 0.1) is 5.92 Å². The first-order chi connectivity index (χ1) is 11.9. The highest BCUT2D eigenvalue weighted by molar-refractivity contribution is 5.97. The lowest BCUT2D eigenvalue weighted by Gasteiger charge is -2.26. The van der Waals surface area contributed by atoms with Gasteiger partial charge in [0.2, 0.25) is 11.8 Å². The predicted octanol–water partition coefficient (Wildman–Crippen LogP) is 0.248. The van der Waals surface area contributed by atoms with Gasteiger partial charge in [0, 0.05) is 25.2 Å². The Bertz CT molecular complexity index is 630. The lowest BCUT2D eigenvalue weighted by Crippen LogP contribution is -2.49. The highest BCUT2D eigenvalue weighted by Crippen LogP contribution is 2.10. The Kier molecular flexibility index (Phi) is 6.52. The molecule has 0 bridgehead atoms. The second-order valence-electron chi connectivity index (χ2n) is 6.40. The molecule has 25 heavy (non-hydrogen) atoms. The first-order valence-electron chi connectivity index (χ1n) is 8.60. The van der Waals surface area contributed by atoms with Gasteiger partial charge in [-0.25, -0.2) is 0 Å². The van der Waals surface area contributed by atoms with Crippen LogP contribution in [0.1, 0.15) is 36.2 Å². The summed E-state index contributed by atoms with van der Waals surface area (Å²) in [6, 6.07) is 6.50. The summed E-state index contributed by atoms with van der Waals surface area (Å²) < 4.78 is 0. The number of carbonyl (C=O) groups excluding carboxylic acids is 3. The highest BCUT2D eigenvalue weighted by Gasteiger charge is 2.22. The van der Waals surface area contributed by atoms with Crippen LogP contribution in [0.2, 0.25) is 0 Å². The van der Waals surface area contributed by atoms with E-state index in [0.717, 1.165) is 12.0 Å². The molecule has 1 fully saturated rings. The number of hydrogen-bond donors (Lipinski definition) is 3. The maximum Gasteiger partial charge on any atom is 0.254 e. The lowest BCUT2D eigenvalue weighted by atomic mass is 9.99. The molecule has 1 aliphatic heterocycles. The topological polar surface area (TPSA) is 105 Å². The van der Waals surface area contributed by atoms with Crippen molar-refractivity contribution in [3.05, 3.63) is 35.4 Å². The van der Waals surface area contributed by atoms with Gasteiger partial charge < -0.3 is 21.3 Å². The molecule has 0 saturated carbocycles. The van der Waals surface area contributed by atoms with Gasteiger partial charge in [-0.1, -0.05) is 32.4 Å². The highest BCUT2D eigenvalue weighted by atomic mass is 16.2. The van der Waals surface area contributed by atoms with E-state index in [1.54, 1.807) is 24.3 Å². The first-order valence-corrected chi connectivity index (χ1v) is 8.60. The number of piperazine rings is 1. The number of hydrogen-bond acceptors (Lipinski definition) is 4. The molecule has 7 nitrogen and oxygen atoms in total. The predicted molar refractivity (Wildman–Crippen MR) is 94.6 cm³/mol. The normalized spacial score (nSPS) is 16.8. The molecular formula is C18H26N4O3. The quantitative estimate of drug-likeness (QED) is 0.687. The zero-order valence-electron chi connectivity index (χ0n) is 14.7. The Morgan fingerprint density at radius 2 is 2.00 bits per heavy atom. The van der Waals surface area contributed by atoms with Crippen molar-refractivity contribution >= 4 is 17.7 Å². The largest absolute Gasteiger partial charge is 0.353 e. The summed E-state index contributed by atoms with van der Waals surface area (Å²) in [4.78, 5) is 37.3. The van der Waals surface area contributed by atoms with Crippen LogP contribution in [-0.4, -0.2) is 48.3 Å². The van der Waals surface area contributed by atoms with Gasteiger partial charge in [-0.2, -0.15) is 0 Å². The van der Waals surface area contributed by atoms with E-state index < -0.39 is 6.04 Å². The van der Waals surface area contributed by atoms with Gasteiger partial charge in [0.05, 0.1) is 12.6 Å². The number of nitrogens with one attached hydrogen (secondary N) is 2. The van der Waals surface area contributed by atoms with Gasteiger partial charge in [-0.15, -0.1) is 0 Å². The third-order valence-corrected chi connectivity index (χ3v) is 4.55. The molecule has 1 saturated heterocycles. The standard InChI is InChI=1S/C18H26N4O3/c1-3-12(2)16(19)17(24)21-10-13-4-6-14(7-5-13)18(25)22-9-8-20-15(23)11-22/h4-7,12,16H,3,8-11,19H2,1-2H3,(H,20,23)(H,21,24). The summed E-state index contributed by atoms with van der Waals surface area (Å²) in [6.45, 7) is 5.39. The molecule has 2 unspecified atom stereocenters. The number of amides is 3. The Labute approximate surface area is 147 Å². The molecule has 0 spiro atoms. The summed E-state index contributed by atoms with van der Waals surface area (Å²) in [5.41, 5.74) is 7.31. The van der Waals surface area contributed by atoms with Crippen molar-refractivity contribution < 1.29 is 14.4 Å². The molecule has 0 aliphatic carbocycles. The lowest BCUT2D eigenvalue weighted by molar-refractivity contribution is -0.124. The molecule has 136 valence electrons. The smallest absolute Gasteiger partial charge is 0.254 e. The third-order valence-electron chi connectivity index (χ3n) is 4.55. The second-order valence-corrected chi connectivity index (χ2v) is 6.40. The summed E-state index contributed by atoms with van der Waals surface area (Å²) in [5, 5.41) is 5.51. The minimum absolute atomic E-state index is 0.0874. The van der Waals surface area contributed by atoms with E-state index in [2.05, 4.69) is 10.6 Å². The van der Waals surface area contributed by atoms with Crippen LogP contribution in [0.5, 0.6) is 0 Å². The molecule has 2 atom stereocenters. The van der Waals surface area contributed by atoms with Crippen molar-refractivity contribution in [2.24, 2.45) is 11.7 Å². The Morgan fingerprint density at radius 3 is 2.60 bits per heavy atom. The minimum Gasteiger partial charge on any atom is -0.353 e. The van der Waals surface area contributed by atoms with Crippen LogP contribution < -0.4 is 16.4 Å². The van der Waals surface area contributed by atoms with E-state index in [4.69, 9.17) is 5.73 Å². The van der Waals surface area contributed by atoms with Crippen LogP contribution in [0.25, 0.3) is 0 Å². The SMILES string of the molecule is CCC(C)C(N)C(=O)NCc1ccc(C(=O)N2CCNC(=O)C2)cc1. The van der Waals surface area contributed by atoms with Crippen molar-refractivity contribution in [3.63, 3.8) is 0 Å².